The summed E-state index contributed by atoms with van der Waals surface area (Å²) < 4.78 is 0. The van der Waals surface area contributed by atoms with E-state index in [9.17, 15) is 0 Å². The van der Waals surface area contributed by atoms with Gasteiger partial charge in [-0.2, -0.15) is 0 Å². The second kappa shape index (κ2) is 8.41. The lowest BCUT2D eigenvalue weighted by atomic mass is 10.1. The van der Waals surface area contributed by atoms with Gasteiger partial charge in [0.05, 0.1) is 11.0 Å². The molecule has 4 nitrogen and oxygen atoms in total. The van der Waals surface area contributed by atoms with Crippen LogP contribution in [0.3, 0.4) is 0 Å². The predicted octanol–water partition coefficient (Wildman–Crippen LogP) is 4.29. The van der Waals surface area contributed by atoms with Crippen LogP contribution in [0.4, 0.5) is 0 Å². The van der Waals surface area contributed by atoms with E-state index in [1.54, 1.807) is 0 Å². The van der Waals surface area contributed by atoms with E-state index >= 15 is 0 Å². The van der Waals surface area contributed by atoms with Gasteiger partial charge in [-0.25, -0.2) is 4.98 Å². The zero-order valence-electron chi connectivity index (χ0n) is 15.2. The van der Waals surface area contributed by atoms with Crippen LogP contribution in [-0.4, -0.2) is 22.0 Å². The van der Waals surface area contributed by atoms with E-state index in [-0.39, 0.29) is 0 Å². The van der Waals surface area contributed by atoms with Crippen molar-refractivity contribution in [1.29, 1.82) is 0 Å². The molecule has 2 heterocycles. The maximum Gasteiger partial charge on any atom is 0.107 e. The fourth-order valence-corrected chi connectivity index (χ4v) is 3.04. The Morgan fingerprint density at radius 3 is 2.46 bits per heavy atom. The van der Waals surface area contributed by atoms with Gasteiger partial charge in [-0.3, -0.25) is 4.98 Å². The van der Waals surface area contributed by atoms with Crippen LogP contribution in [0.15, 0.2) is 67.0 Å². The Kier molecular flexibility index (Phi) is 5.77. The number of nitrogens with one attached hydrogen (secondary N) is 1. The number of nitrogens with two attached hydrogens (primary N) is 1. The van der Waals surface area contributed by atoms with Crippen LogP contribution in [0.2, 0.25) is 0 Å². The van der Waals surface area contributed by atoms with Crippen LogP contribution < -0.4 is 5.73 Å². The van der Waals surface area contributed by atoms with Gasteiger partial charge in [0.1, 0.15) is 5.82 Å². The first-order chi connectivity index (χ1) is 12.8. The molecule has 4 aromatic rings. The van der Waals surface area contributed by atoms with Crippen LogP contribution in [-0.2, 0) is 12.8 Å². The lowest BCUT2D eigenvalue weighted by Crippen LogP contribution is -1.93. The Bertz CT molecular complexity index is 974. The third-order valence-corrected chi connectivity index (χ3v) is 4.28. The summed E-state index contributed by atoms with van der Waals surface area (Å²) in [5, 5.41) is 0. The van der Waals surface area contributed by atoms with E-state index in [0.717, 1.165) is 29.7 Å². The van der Waals surface area contributed by atoms with Crippen molar-refractivity contribution in [3.05, 3.63) is 83.9 Å². The topological polar surface area (TPSA) is 67.6 Å². The highest BCUT2D eigenvalue weighted by Crippen LogP contribution is 2.23. The molecule has 132 valence electrons. The molecule has 3 N–H and O–H groups in total. The van der Waals surface area contributed by atoms with E-state index < -0.39 is 0 Å². The number of nitrogens with zero attached hydrogens (tertiary/aromatic N) is 2. The van der Waals surface area contributed by atoms with Crippen molar-refractivity contribution in [1.82, 2.24) is 15.0 Å². The smallest absolute Gasteiger partial charge is 0.107 e. The molecule has 0 bridgehead atoms. The highest BCUT2D eigenvalue weighted by molar-refractivity contribution is 5.81. The average molecular weight is 344 g/mol. The highest BCUT2D eigenvalue weighted by atomic mass is 14.9. The molecule has 26 heavy (non-hydrogen) atoms. The summed E-state index contributed by atoms with van der Waals surface area (Å²) >= 11 is 0. The Morgan fingerprint density at radius 2 is 1.69 bits per heavy atom. The molecule has 0 saturated carbocycles. The van der Waals surface area contributed by atoms with Gasteiger partial charge in [-0.1, -0.05) is 35.9 Å². The maximum atomic E-state index is 4.72. The molecule has 0 aliphatic carbocycles. The van der Waals surface area contributed by atoms with Gasteiger partial charge in [0.2, 0.25) is 0 Å². The molecule has 0 unspecified atom stereocenters. The summed E-state index contributed by atoms with van der Waals surface area (Å²) in [5.74, 6) is 1.04. The number of pyridine rings is 1. The van der Waals surface area contributed by atoms with Crippen LogP contribution in [0.25, 0.3) is 22.2 Å². The molecule has 4 rings (SSSR count). The third-order valence-electron chi connectivity index (χ3n) is 4.28. The predicted molar refractivity (Wildman–Crippen MR) is 108 cm³/mol. The molecule has 0 spiro atoms. The Hall–Kier alpha value is -2.98. The fourth-order valence-electron chi connectivity index (χ4n) is 3.04. The summed E-state index contributed by atoms with van der Waals surface area (Å²) in [7, 11) is 1.50. The molecule has 4 heteroatoms. The first kappa shape index (κ1) is 17.8. The van der Waals surface area contributed by atoms with E-state index in [0.29, 0.717) is 0 Å². The number of aromatic amines is 1. The van der Waals surface area contributed by atoms with Gasteiger partial charge in [0.25, 0.3) is 0 Å². The molecular formula is C22H24N4. The number of hydrogen-bond donors (Lipinski definition) is 2. The molecular weight excluding hydrogens is 320 g/mol. The number of fused-ring (bicyclic) bond motifs is 1. The molecule has 0 amide bonds. The first-order valence-electron chi connectivity index (χ1n) is 8.80. The minimum absolute atomic E-state index is 0.919. The monoisotopic (exact) mass is 344 g/mol. The van der Waals surface area contributed by atoms with Crippen molar-refractivity contribution in [2.75, 3.05) is 7.05 Å². The minimum Gasteiger partial charge on any atom is -0.342 e. The van der Waals surface area contributed by atoms with Crippen molar-refractivity contribution in [3.8, 4) is 11.1 Å². The van der Waals surface area contributed by atoms with Crippen molar-refractivity contribution in [2.24, 2.45) is 5.73 Å². The maximum absolute atomic E-state index is 4.72. The fraction of sp³-hybridized carbons (Fsp3) is 0.182. The van der Waals surface area contributed by atoms with E-state index in [1.165, 1.54) is 29.3 Å². The van der Waals surface area contributed by atoms with Gasteiger partial charge in [-0.15, -0.1) is 0 Å². The first-order valence-corrected chi connectivity index (χ1v) is 8.80. The zero-order chi connectivity index (χ0) is 18.4. The van der Waals surface area contributed by atoms with Gasteiger partial charge >= 0.3 is 0 Å². The van der Waals surface area contributed by atoms with E-state index in [2.05, 4.69) is 65.1 Å². The van der Waals surface area contributed by atoms with Crippen molar-refractivity contribution in [3.63, 3.8) is 0 Å². The van der Waals surface area contributed by atoms with Crippen LogP contribution in [0.5, 0.6) is 0 Å². The van der Waals surface area contributed by atoms with Gasteiger partial charge in [-0.05, 0) is 61.3 Å². The van der Waals surface area contributed by atoms with Crippen LogP contribution in [0.1, 0.15) is 17.0 Å². The van der Waals surface area contributed by atoms with Crippen molar-refractivity contribution >= 4 is 11.0 Å². The van der Waals surface area contributed by atoms with Gasteiger partial charge in [0, 0.05) is 18.8 Å². The Labute approximate surface area is 154 Å². The molecule has 2 aromatic carbocycles. The second-order valence-corrected chi connectivity index (χ2v) is 6.14. The number of hydrogen-bond acceptors (Lipinski definition) is 3. The minimum atomic E-state index is 0.919. The molecule has 0 aliphatic rings. The zero-order valence-corrected chi connectivity index (χ0v) is 15.2. The molecule has 0 aliphatic heterocycles. The Morgan fingerprint density at radius 1 is 0.885 bits per heavy atom. The summed E-state index contributed by atoms with van der Waals surface area (Å²) in [4.78, 5) is 12.3. The number of aryl methyl sites for hydroxylation is 3. The van der Waals surface area contributed by atoms with Gasteiger partial charge in [0.15, 0.2) is 0 Å². The highest BCUT2D eigenvalue weighted by Gasteiger charge is 2.05. The summed E-state index contributed by atoms with van der Waals surface area (Å²) in [6, 6.07) is 19.1. The number of H-pyrrole nitrogens is 1. The number of aromatic nitrogens is 3. The van der Waals surface area contributed by atoms with E-state index in [4.69, 9.17) is 4.98 Å². The largest absolute Gasteiger partial charge is 0.342 e. The standard InChI is InChI=1S/C21H19N3.CH5N/c1-15-3-2-4-16(13-15)5-8-21-23-19-7-6-18(14-20(19)24-21)17-9-11-22-12-10-17;1-2/h2-4,6-7,9-14H,5,8H2,1H3,(H,23,24);2H2,1H3. The molecule has 0 atom stereocenters. The SMILES string of the molecule is CN.Cc1cccc(CCc2nc3ccc(-c4ccncc4)cc3[nH]2)c1. The summed E-state index contributed by atoms with van der Waals surface area (Å²) in [6.45, 7) is 2.13. The summed E-state index contributed by atoms with van der Waals surface area (Å²) in [6.07, 6.45) is 5.56. The van der Waals surface area contributed by atoms with Crippen molar-refractivity contribution < 1.29 is 0 Å². The quantitative estimate of drug-likeness (QED) is 0.580. The molecule has 0 fully saturated rings. The molecule has 0 radical (unpaired) electrons. The Balaban J connectivity index is 0.000000948. The lowest BCUT2D eigenvalue weighted by Gasteiger charge is -2.00. The molecule has 2 aromatic heterocycles. The molecule has 0 saturated heterocycles. The van der Waals surface area contributed by atoms with E-state index in [1.807, 2.05) is 24.5 Å². The number of benzene rings is 2. The number of rotatable bonds is 4. The average Bonchev–Trinajstić information content (AvgIpc) is 3.11. The van der Waals surface area contributed by atoms with Crippen LogP contribution in [0, 0.1) is 6.92 Å². The van der Waals surface area contributed by atoms with Gasteiger partial charge < -0.3 is 10.7 Å². The third kappa shape index (κ3) is 4.16. The lowest BCUT2D eigenvalue weighted by molar-refractivity contribution is 0.889. The second-order valence-electron chi connectivity index (χ2n) is 6.14. The number of imidazole rings is 1. The van der Waals surface area contributed by atoms with Crippen LogP contribution >= 0.6 is 0 Å². The van der Waals surface area contributed by atoms with Crippen molar-refractivity contribution in [2.45, 2.75) is 19.8 Å². The summed E-state index contributed by atoms with van der Waals surface area (Å²) in [5.41, 5.74) is 11.6. The normalized spacial score (nSPS) is 10.4.